The number of rotatable bonds is 3. The van der Waals surface area contributed by atoms with Crippen molar-refractivity contribution in [2.45, 2.75) is 25.8 Å². The van der Waals surface area contributed by atoms with E-state index in [2.05, 4.69) is 17.6 Å². The second-order valence-electron chi connectivity index (χ2n) is 2.52. The van der Waals surface area contributed by atoms with Crippen LogP contribution < -0.4 is 10.6 Å². The summed E-state index contributed by atoms with van der Waals surface area (Å²) in [5, 5.41) is 7.69. The molecule has 1 atom stereocenters. The lowest BCUT2D eigenvalue weighted by molar-refractivity contribution is 0.540. The van der Waals surface area contributed by atoms with E-state index in [0.717, 1.165) is 13.1 Å². The van der Waals surface area contributed by atoms with Gasteiger partial charge in [0.1, 0.15) is 0 Å². The van der Waals surface area contributed by atoms with Gasteiger partial charge in [0.25, 0.3) is 0 Å². The van der Waals surface area contributed by atoms with E-state index in [1.165, 1.54) is 19.4 Å². The van der Waals surface area contributed by atoms with Gasteiger partial charge in [0.15, 0.2) is 0 Å². The largest absolute Gasteiger partial charge is 0.313 e. The van der Waals surface area contributed by atoms with E-state index in [1.807, 2.05) is 0 Å². The molecule has 1 saturated heterocycles. The van der Waals surface area contributed by atoms with Crippen LogP contribution in [0.25, 0.3) is 0 Å². The van der Waals surface area contributed by atoms with Crippen LogP contribution in [0.3, 0.4) is 0 Å². The Morgan fingerprint density at radius 3 is 3.11 bits per heavy atom. The van der Waals surface area contributed by atoms with Gasteiger partial charge in [-0.1, -0.05) is 6.92 Å². The Bertz CT molecular complexity index is 67.3. The number of hydrogen-bond donors (Lipinski definition) is 1. The molecular formula is C7H15N2. The molecule has 1 unspecified atom stereocenters. The van der Waals surface area contributed by atoms with Gasteiger partial charge >= 0.3 is 0 Å². The molecule has 1 aliphatic heterocycles. The first-order valence-corrected chi connectivity index (χ1v) is 3.80. The lowest BCUT2D eigenvalue weighted by Crippen LogP contribution is -2.30. The Morgan fingerprint density at radius 1 is 1.67 bits per heavy atom. The minimum atomic E-state index is 0.699. The average Bonchev–Trinajstić information content (AvgIpc) is 2.34. The Kier molecular flexibility index (Phi) is 3.01. The van der Waals surface area contributed by atoms with Crippen LogP contribution in [0.4, 0.5) is 0 Å². The lowest BCUT2D eigenvalue weighted by Gasteiger charge is -2.07. The highest BCUT2D eigenvalue weighted by atomic mass is 15.0. The third kappa shape index (κ3) is 2.33. The van der Waals surface area contributed by atoms with Crippen molar-refractivity contribution in [3.05, 3.63) is 0 Å². The van der Waals surface area contributed by atoms with Gasteiger partial charge in [-0.25, -0.2) is 5.32 Å². The predicted molar refractivity (Wildman–Crippen MR) is 38.6 cm³/mol. The van der Waals surface area contributed by atoms with Crippen molar-refractivity contribution in [2.24, 2.45) is 0 Å². The van der Waals surface area contributed by atoms with Gasteiger partial charge in [0.05, 0.1) is 0 Å². The van der Waals surface area contributed by atoms with Crippen molar-refractivity contribution in [1.82, 2.24) is 10.6 Å². The number of nitrogens with one attached hydrogen (secondary N) is 1. The van der Waals surface area contributed by atoms with Gasteiger partial charge in [0.2, 0.25) is 0 Å². The summed E-state index contributed by atoms with van der Waals surface area (Å²) in [5.41, 5.74) is 0. The maximum absolute atomic E-state index is 4.29. The molecule has 0 aromatic carbocycles. The second-order valence-corrected chi connectivity index (χ2v) is 2.52. The molecule has 1 rings (SSSR count). The molecule has 0 amide bonds. The molecule has 0 aromatic heterocycles. The zero-order valence-corrected chi connectivity index (χ0v) is 6.06. The maximum Gasteiger partial charge on any atom is 0.0287 e. The summed E-state index contributed by atoms with van der Waals surface area (Å²) >= 11 is 0. The molecule has 0 spiro atoms. The summed E-state index contributed by atoms with van der Waals surface area (Å²) in [4.78, 5) is 0. The maximum atomic E-state index is 4.29. The summed E-state index contributed by atoms with van der Waals surface area (Å²) < 4.78 is 0. The zero-order valence-electron chi connectivity index (χ0n) is 6.06. The average molecular weight is 127 g/mol. The van der Waals surface area contributed by atoms with Crippen LogP contribution in [0.5, 0.6) is 0 Å². The summed E-state index contributed by atoms with van der Waals surface area (Å²) in [6.07, 6.45) is 2.66. The van der Waals surface area contributed by atoms with E-state index in [4.69, 9.17) is 0 Å². The highest BCUT2D eigenvalue weighted by molar-refractivity contribution is 4.75. The standard InChI is InChI=1S/C7H15N2/c1-2-8-6-7-4-3-5-9-7/h7,9H,2-6H2,1H3. The molecular weight excluding hydrogens is 112 g/mol. The molecule has 1 aliphatic rings. The molecule has 2 heteroatoms. The van der Waals surface area contributed by atoms with Gasteiger partial charge in [-0.05, 0) is 19.4 Å². The molecule has 1 radical (unpaired) electrons. The van der Waals surface area contributed by atoms with Crippen molar-refractivity contribution >= 4 is 0 Å². The van der Waals surface area contributed by atoms with Crippen LogP contribution in [-0.2, 0) is 0 Å². The predicted octanol–water partition coefficient (Wildman–Crippen LogP) is 0.363. The summed E-state index contributed by atoms with van der Waals surface area (Å²) in [6.45, 7) is 5.29. The molecule has 1 heterocycles. The Balaban J connectivity index is 1.98. The second kappa shape index (κ2) is 3.85. The molecule has 2 nitrogen and oxygen atoms in total. The van der Waals surface area contributed by atoms with Crippen LogP contribution in [0.1, 0.15) is 19.8 Å². The van der Waals surface area contributed by atoms with Crippen LogP contribution in [-0.4, -0.2) is 25.7 Å². The van der Waals surface area contributed by atoms with Gasteiger partial charge in [-0.2, -0.15) is 0 Å². The van der Waals surface area contributed by atoms with E-state index in [-0.39, 0.29) is 0 Å². The Hall–Kier alpha value is -0.0800. The fourth-order valence-corrected chi connectivity index (χ4v) is 1.20. The van der Waals surface area contributed by atoms with Crippen LogP contribution in [0, 0.1) is 0 Å². The van der Waals surface area contributed by atoms with Crippen LogP contribution in [0.2, 0.25) is 0 Å². The number of nitrogens with zero attached hydrogens (tertiary/aromatic N) is 1. The molecule has 0 aromatic rings. The molecule has 1 N–H and O–H groups in total. The van der Waals surface area contributed by atoms with E-state index in [9.17, 15) is 0 Å². The normalized spacial score (nSPS) is 27.0. The highest BCUT2D eigenvalue weighted by Crippen LogP contribution is 2.02. The summed E-state index contributed by atoms with van der Waals surface area (Å²) in [6, 6.07) is 0.699. The Labute approximate surface area is 57.0 Å². The van der Waals surface area contributed by atoms with Gasteiger partial charge in [-0.15, -0.1) is 0 Å². The number of likely N-dealkylation sites (N-methyl/N-ethyl adjacent to an activating group) is 1. The molecule has 0 saturated carbocycles. The van der Waals surface area contributed by atoms with Gasteiger partial charge < -0.3 is 5.32 Å². The van der Waals surface area contributed by atoms with Crippen molar-refractivity contribution in [3.63, 3.8) is 0 Å². The summed E-state index contributed by atoms with van der Waals surface area (Å²) in [5.74, 6) is 0. The molecule has 1 fully saturated rings. The van der Waals surface area contributed by atoms with Crippen molar-refractivity contribution in [1.29, 1.82) is 0 Å². The molecule has 9 heavy (non-hydrogen) atoms. The minimum Gasteiger partial charge on any atom is -0.313 e. The van der Waals surface area contributed by atoms with E-state index < -0.39 is 0 Å². The first-order valence-electron chi connectivity index (χ1n) is 3.80. The first-order chi connectivity index (χ1) is 4.43. The third-order valence-corrected chi connectivity index (χ3v) is 1.74. The van der Waals surface area contributed by atoms with E-state index in [0.29, 0.717) is 6.04 Å². The fraction of sp³-hybridized carbons (Fsp3) is 1.00. The van der Waals surface area contributed by atoms with Crippen molar-refractivity contribution in [2.75, 3.05) is 19.6 Å². The minimum absolute atomic E-state index is 0.699. The monoisotopic (exact) mass is 127 g/mol. The topological polar surface area (TPSA) is 26.1 Å². The Morgan fingerprint density at radius 2 is 2.56 bits per heavy atom. The van der Waals surface area contributed by atoms with Crippen molar-refractivity contribution < 1.29 is 0 Å². The highest BCUT2D eigenvalue weighted by Gasteiger charge is 2.12. The van der Waals surface area contributed by atoms with E-state index >= 15 is 0 Å². The van der Waals surface area contributed by atoms with Crippen LogP contribution in [0.15, 0.2) is 0 Å². The van der Waals surface area contributed by atoms with Gasteiger partial charge in [0, 0.05) is 19.1 Å². The molecule has 53 valence electrons. The SMILES string of the molecule is CC[N]CC1CCCN1. The van der Waals surface area contributed by atoms with E-state index in [1.54, 1.807) is 0 Å². The third-order valence-electron chi connectivity index (χ3n) is 1.74. The van der Waals surface area contributed by atoms with Crippen molar-refractivity contribution in [3.8, 4) is 0 Å². The smallest absolute Gasteiger partial charge is 0.0287 e. The fourth-order valence-electron chi connectivity index (χ4n) is 1.20. The first kappa shape index (κ1) is 7.03. The zero-order chi connectivity index (χ0) is 6.53. The molecule has 0 aliphatic carbocycles. The van der Waals surface area contributed by atoms with Crippen LogP contribution >= 0.6 is 0 Å². The summed E-state index contributed by atoms with van der Waals surface area (Å²) in [7, 11) is 0. The number of hydrogen-bond acceptors (Lipinski definition) is 1. The lowest BCUT2D eigenvalue weighted by atomic mass is 10.2. The van der Waals surface area contributed by atoms with Gasteiger partial charge in [-0.3, -0.25) is 0 Å². The quantitative estimate of drug-likeness (QED) is 0.582. The molecule has 0 bridgehead atoms.